The molecule has 1 N–H and O–H groups in total. The minimum atomic E-state index is -0.0568. The summed E-state index contributed by atoms with van der Waals surface area (Å²) in [6.07, 6.45) is 2.81. The molecule has 6 nitrogen and oxygen atoms in total. The van der Waals surface area contributed by atoms with E-state index in [1.54, 1.807) is 6.08 Å². The van der Waals surface area contributed by atoms with Crippen molar-refractivity contribution in [3.63, 3.8) is 0 Å². The van der Waals surface area contributed by atoms with E-state index in [4.69, 9.17) is 16.3 Å². The van der Waals surface area contributed by atoms with E-state index in [1.165, 1.54) is 11.8 Å². The van der Waals surface area contributed by atoms with E-state index in [9.17, 15) is 4.79 Å². The summed E-state index contributed by atoms with van der Waals surface area (Å²) in [5, 5.41) is 12.7. The van der Waals surface area contributed by atoms with Gasteiger partial charge < -0.3 is 10.1 Å². The van der Waals surface area contributed by atoms with Crippen LogP contribution in [0.5, 0.6) is 0 Å². The third-order valence-corrected chi connectivity index (χ3v) is 5.09. The zero-order valence-corrected chi connectivity index (χ0v) is 17.9. The number of hydrogen-bond acceptors (Lipinski definition) is 5. The van der Waals surface area contributed by atoms with Gasteiger partial charge in [-0.25, -0.2) is 0 Å². The zero-order chi connectivity index (χ0) is 20.4. The molecule has 0 unspecified atom stereocenters. The molecular formula is C20H27ClN4O2S. The van der Waals surface area contributed by atoms with Crippen LogP contribution in [0.15, 0.2) is 42.1 Å². The highest BCUT2D eigenvalue weighted by Crippen LogP contribution is 2.25. The predicted molar refractivity (Wildman–Crippen MR) is 115 cm³/mol. The van der Waals surface area contributed by atoms with Crippen LogP contribution in [0.1, 0.15) is 20.3 Å². The van der Waals surface area contributed by atoms with Crippen molar-refractivity contribution in [2.45, 2.75) is 32.0 Å². The number of rotatable bonds is 12. The van der Waals surface area contributed by atoms with Gasteiger partial charge in [-0.2, -0.15) is 0 Å². The lowest BCUT2D eigenvalue weighted by Crippen LogP contribution is -2.29. The fourth-order valence-electron chi connectivity index (χ4n) is 2.37. The van der Waals surface area contributed by atoms with E-state index >= 15 is 0 Å². The number of amides is 1. The minimum Gasteiger partial charge on any atom is -0.380 e. The Kier molecular flexibility index (Phi) is 9.54. The summed E-state index contributed by atoms with van der Waals surface area (Å²) in [6.45, 7) is 10.4. The number of benzene rings is 1. The van der Waals surface area contributed by atoms with Crippen LogP contribution in [0.2, 0.25) is 5.02 Å². The molecule has 1 amide bonds. The quantitative estimate of drug-likeness (QED) is 0.317. The molecule has 0 spiro atoms. The summed E-state index contributed by atoms with van der Waals surface area (Å²) < 4.78 is 7.43. The average Bonchev–Trinajstić information content (AvgIpc) is 3.06. The summed E-state index contributed by atoms with van der Waals surface area (Å²) in [5.41, 5.74) is 0.911. The largest absolute Gasteiger partial charge is 0.380 e. The topological polar surface area (TPSA) is 69.0 Å². The van der Waals surface area contributed by atoms with E-state index in [-0.39, 0.29) is 11.7 Å². The standard InChI is InChI=1S/C20H27ClN4O2S/c1-4-11-25-19(16-5-7-17(21)8-6-16)23-24-20(25)28-14-18(26)22-10-13-27-12-9-15(2)3/h4-8,15H,1,9-14H2,2-3H3,(H,22,26). The van der Waals surface area contributed by atoms with Gasteiger partial charge in [0.2, 0.25) is 5.91 Å². The number of carbonyl (C=O) groups excluding carboxylic acids is 1. The number of nitrogens with zero attached hydrogens (tertiary/aromatic N) is 3. The highest BCUT2D eigenvalue weighted by atomic mass is 35.5. The Morgan fingerprint density at radius 3 is 2.75 bits per heavy atom. The number of thioether (sulfide) groups is 1. The lowest BCUT2D eigenvalue weighted by atomic mass is 10.1. The predicted octanol–water partition coefficient (Wildman–Crippen LogP) is 4.06. The van der Waals surface area contributed by atoms with Crippen molar-refractivity contribution in [3.05, 3.63) is 41.9 Å². The first kappa shape index (κ1) is 22.5. The van der Waals surface area contributed by atoms with E-state index in [0.29, 0.717) is 35.8 Å². The normalized spacial score (nSPS) is 11.0. The van der Waals surface area contributed by atoms with Crippen molar-refractivity contribution >= 4 is 29.3 Å². The van der Waals surface area contributed by atoms with Gasteiger partial charge in [-0.3, -0.25) is 9.36 Å². The second-order valence-electron chi connectivity index (χ2n) is 6.65. The summed E-state index contributed by atoms with van der Waals surface area (Å²) >= 11 is 7.31. The maximum atomic E-state index is 12.1. The molecule has 0 saturated carbocycles. The van der Waals surface area contributed by atoms with Crippen molar-refractivity contribution in [2.75, 3.05) is 25.5 Å². The number of halogens is 1. The molecule has 0 radical (unpaired) electrons. The summed E-state index contributed by atoms with van der Waals surface area (Å²) in [6, 6.07) is 7.42. The van der Waals surface area contributed by atoms with Crippen molar-refractivity contribution in [2.24, 2.45) is 5.92 Å². The van der Waals surface area contributed by atoms with Gasteiger partial charge in [0.15, 0.2) is 11.0 Å². The van der Waals surface area contributed by atoms with E-state index in [2.05, 4.69) is 35.9 Å². The van der Waals surface area contributed by atoms with Crippen molar-refractivity contribution in [1.29, 1.82) is 0 Å². The lowest BCUT2D eigenvalue weighted by molar-refractivity contribution is -0.118. The van der Waals surface area contributed by atoms with Crippen LogP contribution in [0.3, 0.4) is 0 Å². The molecule has 2 aromatic rings. The van der Waals surface area contributed by atoms with Gasteiger partial charge in [0.1, 0.15) is 0 Å². The maximum Gasteiger partial charge on any atom is 0.230 e. The number of nitrogens with one attached hydrogen (secondary N) is 1. The first-order chi connectivity index (χ1) is 13.5. The van der Waals surface area contributed by atoms with Gasteiger partial charge in [0, 0.05) is 30.3 Å². The molecule has 0 aliphatic carbocycles. The van der Waals surface area contributed by atoms with Crippen LogP contribution >= 0.6 is 23.4 Å². The second-order valence-corrected chi connectivity index (χ2v) is 8.02. The Balaban J connectivity index is 1.85. The maximum absolute atomic E-state index is 12.1. The SMILES string of the molecule is C=CCn1c(SCC(=O)NCCOCCC(C)C)nnc1-c1ccc(Cl)cc1. The first-order valence-corrected chi connectivity index (χ1v) is 10.6. The summed E-state index contributed by atoms with van der Waals surface area (Å²) in [7, 11) is 0. The molecule has 1 aromatic carbocycles. The summed E-state index contributed by atoms with van der Waals surface area (Å²) in [4.78, 5) is 12.1. The van der Waals surface area contributed by atoms with Crippen LogP contribution in [-0.2, 0) is 16.1 Å². The van der Waals surface area contributed by atoms with E-state index < -0.39 is 0 Å². The van der Waals surface area contributed by atoms with Crippen LogP contribution in [0.4, 0.5) is 0 Å². The highest BCUT2D eigenvalue weighted by molar-refractivity contribution is 7.99. The highest BCUT2D eigenvalue weighted by Gasteiger charge is 2.14. The molecule has 0 aliphatic rings. The van der Waals surface area contributed by atoms with Crippen molar-refractivity contribution < 1.29 is 9.53 Å². The van der Waals surface area contributed by atoms with E-state index in [0.717, 1.165) is 24.4 Å². The van der Waals surface area contributed by atoms with Gasteiger partial charge in [-0.15, -0.1) is 16.8 Å². The number of allylic oxidation sites excluding steroid dienone is 1. The smallest absolute Gasteiger partial charge is 0.230 e. The molecule has 28 heavy (non-hydrogen) atoms. The third-order valence-electron chi connectivity index (χ3n) is 3.87. The first-order valence-electron chi connectivity index (χ1n) is 9.28. The lowest BCUT2D eigenvalue weighted by Gasteiger charge is -2.09. The Bertz CT molecular complexity index is 762. The van der Waals surface area contributed by atoms with Gasteiger partial charge in [-0.05, 0) is 36.6 Å². The van der Waals surface area contributed by atoms with Crippen LogP contribution in [-0.4, -0.2) is 46.2 Å². The van der Waals surface area contributed by atoms with Crippen LogP contribution in [0.25, 0.3) is 11.4 Å². The van der Waals surface area contributed by atoms with Crippen LogP contribution < -0.4 is 5.32 Å². The van der Waals surface area contributed by atoms with Crippen LogP contribution in [0, 0.1) is 5.92 Å². The molecule has 152 valence electrons. The monoisotopic (exact) mass is 422 g/mol. The molecule has 0 fully saturated rings. The number of ether oxygens (including phenoxy) is 1. The van der Waals surface area contributed by atoms with Gasteiger partial charge in [0.25, 0.3) is 0 Å². The molecule has 0 atom stereocenters. The minimum absolute atomic E-state index is 0.0568. The van der Waals surface area contributed by atoms with Gasteiger partial charge >= 0.3 is 0 Å². The molecule has 8 heteroatoms. The van der Waals surface area contributed by atoms with Crippen molar-refractivity contribution in [1.82, 2.24) is 20.1 Å². The van der Waals surface area contributed by atoms with Gasteiger partial charge in [-0.1, -0.05) is 43.3 Å². The van der Waals surface area contributed by atoms with Crippen molar-refractivity contribution in [3.8, 4) is 11.4 Å². The molecule has 2 rings (SSSR count). The fraction of sp³-hybridized carbons (Fsp3) is 0.450. The molecule has 0 saturated heterocycles. The Labute approximate surface area is 175 Å². The summed E-state index contributed by atoms with van der Waals surface area (Å²) in [5.74, 6) is 1.55. The number of carbonyl (C=O) groups is 1. The van der Waals surface area contributed by atoms with Gasteiger partial charge in [0.05, 0.1) is 12.4 Å². The van der Waals surface area contributed by atoms with E-state index in [1.807, 2.05) is 28.8 Å². The molecule has 1 aromatic heterocycles. The molecule has 0 aliphatic heterocycles. The Morgan fingerprint density at radius 2 is 2.07 bits per heavy atom. The number of aromatic nitrogens is 3. The zero-order valence-electron chi connectivity index (χ0n) is 16.4. The molecular weight excluding hydrogens is 396 g/mol. The third kappa shape index (κ3) is 7.30. The fourth-order valence-corrected chi connectivity index (χ4v) is 3.27. The second kappa shape index (κ2) is 11.9. The Morgan fingerprint density at radius 1 is 1.32 bits per heavy atom. The molecule has 1 heterocycles. The average molecular weight is 423 g/mol. The molecule has 0 bridgehead atoms. The number of hydrogen-bond donors (Lipinski definition) is 1. The Hall–Kier alpha value is -1.83.